The van der Waals surface area contributed by atoms with Gasteiger partial charge in [0.05, 0.1) is 20.2 Å². The number of methoxy groups -OCH3 is 1. The van der Waals surface area contributed by atoms with Gasteiger partial charge in [-0.05, 0) is 30.2 Å². The van der Waals surface area contributed by atoms with Crippen molar-refractivity contribution in [3.05, 3.63) is 77.4 Å². The van der Waals surface area contributed by atoms with Crippen LogP contribution in [0.5, 0.6) is 5.75 Å². The van der Waals surface area contributed by atoms with E-state index in [4.69, 9.17) is 9.73 Å². The Morgan fingerprint density at radius 3 is 2.31 bits per heavy atom. The predicted octanol–water partition coefficient (Wildman–Crippen LogP) is 3.96. The Bertz CT molecular complexity index is 999. The monoisotopic (exact) mass is 548 g/mol. The molecule has 0 saturated carbocycles. The minimum absolute atomic E-state index is 0. The molecule has 32 heavy (non-hydrogen) atoms. The van der Waals surface area contributed by atoms with Crippen LogP contribution in [0.25, 0.3) is 0 Å². The summed E-state index contributed by atoms with van der Waals surface area (Å²) in [6.45, 7) is 8.23. The molecule has 0 amide bonds. The summed E-state index contributed by atoms with van der Waals surface area (Å²) in [5, 5.41) is 15.3. The first-order valence-electron chi connectivity index (χ1n) is 10.4. The van der Waals surface area contributed by atoms with E-state index < -0.39 is 0 Å². The van der Waals surface area contributed by atoms with Gasteiger partial charge in [0.25, 0.3) is 0 Å². The quantitative estimate of drug-likeness (QED) is 0.253. The number of guanidine groups is 1. The maximum absolute atomic E-state index is 5.24. The Hall–Kier alpha value is -2.62. The van der Waals surface area contributed by atoms with Crippen molar-refractivity contribution in [3.63, 3.8) is 0 Å². The Kier molecular flexibility index (Phi) is 9.49. The average Bonchev–Trinajstić information content (AvgIpc) is 3.11. The minimum atomic E-state index is -0.0504. The van der Waals surface area contributed by atoms with Crippen molar-refractivity contribution in [1.82, 2.24) is 25.4 Å². The first kappa shape index (κ1) is 25.6. The number of nitrogens with zero attached hydrogens (tertiary/aromatic N) is 4. The molecule has 0 aliphatic carbocycles. The lowest BCUT2D eigenvalue weighted by Gasteiger charge is -2.27. The Morgan fingerprint density at radius 1 is 1.03 bits per heavy atom. The molecular weight excluding hydrogens is 515 g/mol. The maximum atomic E-state index is 5.24. The highest BCUT2D eigenvalue weighted by Gasteiger charge is 2.20. The molecule has 2 N–H and O–H groups in total. The van der Waals surface area contributed by atoms with E-state index in [0.29, 0.717) is 13.1 Å². The van der Waals surface area contributed by atoms with Crippen LogP contribution in [-0.2, 0) is 25.6 Å². The molecule has 1 heterocycles. The highest BCUT2D eigenvalue weighted by atomic mass is 127. The van der Waals surface area contributed by atoms with Gasteiger partial charge in [-0.1, -0.05) is 56.3 Å². The second-order valence-corrected chi connectivity index (χ2v) is 8.19. The molecule has 0 saturated heterocycles. The van der Waals surface area contributed by atoms with Crippen LogP contribution in [0.4, 0.5) is 0 Å². The number of hydrogen-bond acceptors (Lipinski definition) is 4. The molecule has 0 fully saturated rings. The number of benzene rings is 2. The van der Waals surface area contributed by atoms with E-state index in [2.05, 4.69) is 58.9 Å². The van der Waals surface area contributed by atoms with Crippen LogP contribution in [-0.4, -0.2) is 34.4 Å². The molecule has 7 nitrogen and oxygen atoms in total. The zero-order valence-corrected chi connectivity index (χ0v) is 21.8. The SMILES string of the molecule is COc1ccc(CN=C(NCc2nnc(C)n2C)NCC(C)(C)c2ccccc2)cc1.I. The Balaban J connectivity index is 0.00000363. The van der Waals surface area contributed by atoms with Crippen LogP contribution >= 0.6 is 24.0 Å². The predicted molar refractivity (Wildman–Crippen MR) is 140 cm³/mol. The van der Waals surface area contributed by atoms with Crippen molar-refractivity contribution in [2.75, 3.05) is 13.7 Å². The molecule has 8 heteroatoms. The molecule has 0 radical (unpaired) electrons. The minimum Gasteiger partial charge on any atom is -0.497 e. The third-order valence-electron chi connectivity index (χ3n) is 5.43. The van der Waals surface area contributed by atoms with Gasteiger partial charge in [0.1, 0.15) is 11.6 Å². The van der Waals surface area contributed by atoms with Gasteiger partial charge in [0, 0.05) is 19.0 Å². The third kappa shape index (κ3) is 6.94. The average molecular weight is 548 g/mol. The lowest BCUT2D eigenvalue weighted by atomic mass is 9.85. The molecule has 0 unspecified atom stereocenters. The number of nitrogens with one attached hydrogen (secondary N) is 2. The van der Waals surface area contributed by atoms with Crippen LogP contribution < -0.4 is 15.4 Å². The van der Waals surface area contributed by atoms with Crippen LogP contribution in [0.3, 0.4) is 0 Å². The lowest BCUT2D eigenvalue weighted by molar-refractivity contribution is 0.414. The summed E-state index contributed by atoms with van der Waals surface area (Å²) in [5.41, 5.74) is 2.34. The van der Waals surface area contributed by atoms with E-state index in [1.165, 1.54) is 5.56 Å². The number of rotatable bonds is 8. The summed E-state index contributed by atoms with van der Waals surface area (Å²) in [6.07, 6.45) is 0. The normalized spacial score (nSPS) is 11.6. The molecule has 0 bridgehead atoms. The standard InChI is InChI=1S/C24H32N6O.HI/c1-18-28-29-22(30(18)4)16-26-23(25-15-19-11-13-21(31-5)14-12-19)27-17-24(2,3)20-9-7-6-8-10-20;/h6-14H,15-17H2,1-5H3,(H2,25,26,27);1H. The second kappa shape index (κ2) is 11.8. The molecule has 0 spiro atoms. The summed E-state index contributed by atoms with van der Waals surface area (Å²) in [4.78, 5) is 4.79. The Labute approximate surface area is 207 Å². The van der Waals surface area contributed by atoms with Crippen LogP contribution in [0.15, 0.2) is 59.6 Å². The summed E-state index contributed by atoms with van der Waals surface area (Å²) in [7, 11) is 3.63. The molecule has 3 rings (SSSR count). The Morgan fingerprint density at radius 2 is 1.72 bits per heavy atom. The van der Waals surface area contributed by atoms with Gasteiger partial charge >= 0.3 is 0 Å². The van der Waals surface area contributed by atoms with Crippen LogP contribution in [0, 0.1) is 6.92 Å². The molecule has 0 atom stereocenters. The van der Waals surface area contributed by atoms with Crippen molar-refractivity contribution in [3.8, 4) is 5.75 Å². The number of aromatic nitrogens is 3. The second-order valence-electron chi connectivity index (χ2n) is 8.19. The van der Waals surface area contributed by atoms with Gasteiger partial charge in [-0.2, -0.15) is 0 Å². The number of halogens is 1. The lowest BCUT2D eigenvalue weighted by Crippen LogP contribution is -2.43. The van der Waals surface area contributed by atoms with E-state index in [1.54, 1.807) is 7.11 Å². The molecule has 0 aliphatic rings. The summed E-state index contributed by atoms with van der Waals surface area (Å²) >= 11 is 0. The number of hydrogen-bond donors (Lipinski definition) is 2. The first-order chi connectivity index (χ1) is 14.9. The molecule has 0 aliphatic heterocycles. The van der Waals surface area contributed by atoms with E-state index in [9.17, 15) is 0 Å². The van der Waals surface area contributed by atoms with Crippen molar-refractivity contribution < 1.29 is 4.74 Å². The smallest absolute Gasteiger partial charge is 0.192 e. The molecule has 172 valence electrons. The third-order valence-corrected chi connectivity index (χ3v) is 5.43. The topological polar surface area (TPSA) is 76.4 Å². The fraction of sp³-hybridized carbons (Fsp3) is 0.375. The molecule has 3 aromatic rings. The fourth-order valence-corrected chi connectivity index (χ4v) is 3.14. The van der Waals surface area contributed by atoms with E-state index in [-0.39, 0.29) is 29.4 Å². The zero-order valence-electron chi connectivity index (χ0n) is 19.4. The van der Waals surface area contributed by atoms with E-state index in [1.807, 2.05) is 48.9 Å². The van der Waals surface area contributed by atoms with E-state index in [0.717, 1.165) is 35.5 Å². The number of ether oxygens (including phenoxy) is 1. The highest BCUT2D eigenvalue weighted by molar-refractivity contribution is 14.0. The molecule has 1 aromatic heterocycles. The largest absolute Gasteiger partial charge is 0.497 e. The maximum Gasteiger partial charge on any atom is 0.192 e. The fourth-order valence-electron chi connectivity index (χ4n) is 3.14. The van der Waals surface area contributed by atoms with Gasteiger partial charge in [-0.25, -0.2) is 4.99 Å². The van der Waals surface area contributed by atoms with Gasteiger partial charge < -0.3 is 19.9 Å². The van der Waals surface area contributed by atoms with Crippen molar-refractivity contribution >= 4 is 29.9 Å². The van der Waals surface area contributed by atoms with Gasteiger partial charge in [-0.15, -0.1) is 34.2 Å². The summed E-state index contributed by atoms with van der Waals surface area (Å²) < 4.78 is 7.21. The molecular formula is C24H33IN6O. The van der Waals surface area contributed by atoms with Crippen LogP contribution in [0.1, 0.15) is 36.6 Å². The van der Waals surface area contributed by atoms with Crippen molar-refractivity contribution in [1.29, 1.82) is 0 Å². The highest BCUT2D eigenvalue weighted by Crippen LogP contribution is 2.21. The first-order valence-corrected chi connectivity index (χ1v) is 10.4. The summed E-state index contributed by atoms with van der Waals surface area (Å²) in [5.74, 6) is 3.32. The number of aliphatic imine (C=N–C) groups is 1. The van der Waals surface area contributed by atoms with Crippen molar-refractivity contribution in [2.45, 2.75) is 39.3 Å². The van der Waals surface area contributed by atoms with E-state index >= 15 is 0 Å². The van der Waals surface area contributed by atoms with Crippen LogP contribution in [0.2, 0.25) is 0 Å². The van der Waals surface area contributed by atoms with Gasteiger partial charge in [0.15, 0.2) is 11.8 Å². The number of aryl methyl sites for hydroxylation is 1. The zero-order chi connectivity index (χ0) is 22.3. The van der Waals surface area contributed by atoms with Gasteiger partial charge in [0.2, 0.25) is 0 Å². The van der Waals surface area contributed by atoms with Crippen molar-refractivity contribution in [2.24, 2.45) is 12.0 Å². The molecule has 2 aromatic carbocycles. The van der Waals surface area contributed by atoms with Gasteiger partial charge in [-0.3, -0.25) is 0 Å². The summed E-state index contributed by atoms with van der Waals surface area (Å²) in [6, 6.07) is 18.5.